The maximum absolute atomic E-state index is 12.8. The minimum Gasteiger partial charge on any atom is -0.457 e. The van der Waals surface area contributed by atoms with Crippen LogP contribution in [0.25, 0.3) is 0 Å². The number of ketones is 1. The van der Waals surface area contributed by atoms with Gasteiger partial charge in [-0.25, -0.2) is 0 Å². The van der Waals surface area contributed by atoms with Crippen LogP contribution >= 0.6 is 0 Å². The third-order valence-electron chi connectivity index (χ3n) is 6.87. The zero-order valence-corrected chi connectivity index (χ0v) is 15.3. The highest BCUT2D eigenvalue weighted by Gasteiger charge is 2.60. The monoisotopic (exact) mass is 345 g/mol. The first-order valence-electron chi connectivity index (χ1n) is 9.27. The Kier molecular flexibility index (Phi) is 3.66. The summed E-state index contributed by atoms with van der Waals surface area (Å²) < 4.78 is 7.45. The minimum absolute atomic E-state index is 0.155. The molecule has 0 aromatic carbocycles. The molecule has 0 saturated heterocycles. The number of nitrogens with zero attached hydrogens (tertiary/aromatic N) is 1. The minimum atomic E-state index is -0.694. The van der Waals surface area contributed by atoms with Gasteiger partial charge in [0.15, 0.2) is 6.61 Å². The van der Waals surface area contributed by atoms with Gasteiger partial charge in [-0.3, -0.25) is 9.59 Å². The summed E-state index contributed by atoms with van der Waals surface area (Å²) in [5.74, 6) is 0.415. The SMILES string of the molecule is Cc1cc(C(=O)COC(=O)C23C[C@H]4C[C@@H](CC(O)(C4)C2)C3)c(C)n1C. The molecule has 4 fully saturated rings. The predicted molar refractivity (Wildman–Crippen MR) is 92.2 cm³/mol. The van der Waals surface area contributed by atoms with Crippen LogP contribution in [0.3, 0.4) is 0 Å². The second kappa shape index (κ2) is 5.44. The number of hydrogen-bond acceptors (Lipinski definition) is 4. The molecule has 0 aliphatic heterocycles. The van der Waals surface area contributed by atoms with Gasteiger partial charge in [0.05, 0.1) is 11.0 Å². The Morgan fingerprint density at radius 3 is 2.40 bits per heavy atom. The molecule has 0 spiro atoms. The molecule has 5 heteroatoms. The predicted octanol–water partition coefficient (Wildman–Crippen LogP) is 2.70. The van der Waals surface area contributed by atoms with Crippen molar-refractivity contribution in [1.82, 2.24) is 4.57 Å². The third-order valence-corrected chi connectivity index (χ3v) is 6.87. The first-order chi connectivity index (χ1) is 11.7. The van der Waals surface area contributed by atoms with E-state index in [0.29, 0.717) is 23.8 Å². The molecule has 4 bridgehead atoms. The molecule has 5 nitrogen and oxygen atoms in total. The zero-order chi connectivity index (χ0) is 18.0. The fourth-order valence-corrected chi connectivity index (χ4v) is 5.95. The molecule has 5 rings (SSSR count). The van der Waals surface area contributed by atoms with E-state index >= 15 is 0 Å². The molecule has 25 heavy (non-hydrogen) atoms. The highest BCUT2D eigenvalue weighted by atomic mass is 16.5. The molecule has 1 heterocycles. The summed E-state index contributed by atoms with van der Waals surface area (Å²) in [4.78, 5) is 25.3. The van der Waals surface area contributed by atoms with Gasteiger partial charge in [0.25, 0.3) is 0 Å². The van der Waals surface area contributed by atoms with Crippen LogP contribution in [0, 0.1) is 31.1 Å². The Labute approximate surface area is 148 Å². The zero-order valence-electron chi connectivity index (χ0n) is 15.3. The van der Waals surface area contributed by atoms with Gasteiger partial charge in [0.2, 0.25) is 5.78 Å². The molecule has 4 saturated carbocycles. The molecule has 0 radical (unpaired) electrons. The van der Waals surface area contributed by atoms with E-state index in [-0.39, 0.29) is 18.4 Å². The van der Waals surface area contributed by atoms with Crippen molar-refractivity contribution in [3.8, 4) is 0 Å². The number of aliphatic hydroxyl groups is 1. The number of aryl methyl sites for hydroxylation is 1. The molecular weight excluding hydrogens is 318 g/mol. The van der Waals surface area contributed by atoms with Gasteiger partial charge < -0.3 is 14.4 Å². The number of aromatic nitrogens is 1. The fraction of sp³-hybridized carbons (Fsp3) is 0.700. The Bertz CT molecular complexity index is 733. The molecule has 4 aliphatic rings. The van der Waals surface area contributed by atoms with Crippen molar-refractivity contribution in [1.29, 1.82) is 0 Å². The van der Waals surface area contributed by atoms with E-state index in [0.717, 1.165) is 43.5 Å². The van der Waals surface area contributed by atoms with Crippen LogP contribution in [-0.4, -0.2) is 33.6 Å². The van der Waals surface area contributed by atoms with Crippen molar-refractivity contribution < 1.29 is 19.4 Å². The van der Waals surface area contributed by atoms with Crippen molar-refractivity contribution >= 4 is 11.8 Å². The van der Waals surface area contributed by atoms with E-state index in [4.69, 9.17) is 4.74 Å². The quantitative estimate of drug-likeness (QED) is 0.673. The maximum Gasteiger partial charge on any atom is 0.312 e. The molecule has 0 unspecified atom stereocenters. The number of Topliss-reactive ketones (excluding diaryl/α,β-unsaturated/α-hetero) is 1. The van der Waals surface area contributed by atoms with Crippen LogP contribution in [0.4, 0.5) is 0 Å². The van der Waals surface area contributed by atoms with Crippen molar-refractivity contribution in [2.24, 2.45) is 24.3 Å². The van der Waals surface area contributed by atoms with Crippen molar-refractivity contribution in [2.45, 2.75) is 58.0 Å². The number of carbonyl (C=O) groups is 2. The molecule has 1 aromatic heterocycles. The molecule has 1 aromatic rings. The van der Waals surface area contributed by atoms with Crippen LogP contribution in [-0.2, 0) is 16.6 Å². The Morgan fingerprint density at radius 2 is 1.88 bits per heavy atom. The van der Waals surface area contributed by atoms with E-state index in [1.807, 2.05) is 31.5 Å². The number of ether oxygens (including phenoxy) is 1. The summed E-state index contributed by atoms with van der Waals surface area (Å²) in [6.45, 7) is 3.64. The third kappa shape index (κ3) is 2.64. The van der Waals surface area contributed by atoms with Gasteiger partial charge in [0.1, 0.15) is 0 Å². The first kappa shape index (κ1) is 16.8. The lowest BCUT2D eigenvalue weighted by atomic mass is 9.48. The molecular formula is C20H27NO4. The molecule has 4 aliphatic carbocycles. The molecule has 0 amide bonds. The normalized spacial score (nSPS) is 35.8. The van der Waals surface area contributed by atoms with Crippen molar-refractivity contribution in [3.63, 3.8) is 0 Å². The van der Waals surface area contributed by atoms with Crippen molar-refractivity contribution in [2.75, 3.05) is 6.61 Å². The number of esters is 1. The van der Waals surface area contributed by atoms with Gasteiger partial charge in [-0.1, -0.05) is 0 Å². The Hall–Kier alpha value is -1.62. The second-order valence-corrected chi connectivity index (χ2v) is 8.81. The number of rotatable bonds is 4. The van der Waals surface area contributed by atoms with Crippen LogP contribution in [0.5, 0.6) is 0 Å². The van der Waals surface area contributed by atoms with Gasteiger partial charge in [-0.05, 0) is 70.3 Å². The summed E-state index contributed by atoms with van der Waals surface area (Å²) in [6, 6.07) is 1.85. The molecule has 136 valence electrons. The van der Waals surface area contributed by atoms with Crippen LogP contribution in [0.1, 0.15) is 60.3 Å². The first-order valence-corrected chi connectivity index (χ1v) is 9.27. The fourth-order valence-electron chi connectivity index (χ4n) is 5.95. The summed E-state index contributed by atoms with van der Waals surface area (Å²) in [6.07, 6.45) is 4.88. The number of hydrogen-bond donors (Lipinski definition) is 1. The van der Waals surface area contributed by atoms with Crippen LogP contribution < -0.4 is 0 Å². The maximum atomic E-state index is 12.8. The Balaban J connectivity index is 1.46. The number of carbonyl (C=O) groups excluding carboxylic acids is 2. The van der Waals surface area contributed by atoms with E-state index in [2.05, 4.69) is 0 Å². The van der Waals surface area contributed by atoms with E-state index in [9.17, 15) is 14.7 Å². The van der Waals surface area contributed by atoms with Crippen LogP contribution in [0.2, 0.25) is 0 Å². The second-order valence-electron chi connectivity index (χ2n) is 8.81. The highest BCUT2D eigenvalue weighted by Crippen LogP contribution is 2.61. The van der Waals surface area contributed by atoms with Gasteiger partial charge >= 0.3 is 5.97 Å². The summed E-state index contributed by atoms with van der Waals surface area (Å²) in [7, 11) is 1.92. The van der Waals surface area contributed by atoms with Gasteiger partial charge in [-0.15, -0.1) is 0 Å². The lowest BCUT2D eigenvalue weighted by Crippen LogP contribution is -2.58. The largest absolute Gasteiger partial charge is 0.457 e. The Morgan fingerprint density at radius 1 is 1.24 bits per heavy atom. The lowest BCUT2D eigenvalue weighted by molar-refractivity contribution is -0.195. The summed E-state index contributed by atoms with van der Waals surface area (Å²) in [5.41, 5.74) is 1.26. The van der Waals surface area contributed by atoms with E-state index in [1.165, 1.54) is 0 Å². The summed E-state index contributed by atoms with van der Waals surface area (Å²) >= 11 is 0. The standard InChI is InChI=1S/C20H27NO4/c1-12-4-16(13(2)21(12)3)17(22)10-25-18(23)19-6-14-5-15(7-19)9-20(24,8-14)11-19/h4,14-15,24H,5-11H2,1-3H3/t14-,15-,19?,20?/m1/s1. The van der Waals surface area contributed by atoms with Gasteiger partial charge in [0, 0.05) is 24.0 Å². The molecule has 2 atom stereocenters. The average molecular weight is 345 g/mol. The van der Waals surface area contributed by atoms with Crippen molar-refractivity contribution in [3.05, 3.63) is 23.0 Å². The highest BCUT2D eigenvalue weighted by molar-refractivity contribution is 5.99. The topological polar surface area (TPSA) is 68.5 Å². The summed E-state index contributed by atoms with van der Waals surface area (Å²) in [5, 5.41) is 10.8. The average Bonchev–Trinajstić information content (AvgIpc) is 2.77. The van der Waals surface area contributed by atoms with Gasteiger partial charge in [-0.2, -0.15) is 0 Å². The van der Waals surface area contributed by atoms with Crippen LogP contribution in [0.15, 0.2) is 6.07 Å². The smallest absolute Gasteiger partial charge is 0.312 e. The van der Waals surface area contributed by atoms with E-state index in [1.54, 1.807) is 0 Å². The van der Waals surface area contributed by atoms with E-state index < -0.39 is 11.0 Å². The molecule has 1 N–H and O–H groups in total. The lowest BCUT2D eigenvalue weighted by Gasteiger charge is -2.58.